The number of hydrogen-bond acceptors (Lipinski definition) is 6. The van der Waals surface area contributed by atoms with Crippen LogP contribution in [0.25, 0.3) is 0 Å². The van der Waals surface area contributed by atoms with Crippen molar-refractivity contribution in [1.29, 1.82) is 0 Å². The van der Waals surface area contributed by atoms with Crippen LogP contribution in [0, 0.1) is 5.82 Å². The van der Waals surface area contributed by atoms with Gasteiger partial charge in [-0.15, -0.1) is 0 Å². The standard InChI is InChI=1S/C21H21FN4OS/c22-19-14-24-20(25-21(19)28-18-7-3-16(23)4-8-18)13-15-1-5-17(6-2-15)26-9-11-27-12-10-26/h1-8,14H,9-13,23H2. The normalized spacial score (nSPS) is 14.2. The maximum Gasteiger partial charge on any atom is 0.174 e. The molecular weight excluding hydrogens is 375 g/mol. The lowest BCUT2D eigenvalue weighted by molar-refractivity contribution is 0.122. The van der Waals surface area contributed by atoms with E-state index in [-0.39, 0.29) is 0 Å². The lowest BCUT2D eigenvalue weighted by Gasteiger charge is -2.28. The Balaban J connectivity index is 1.46. The van der Waals surface area contributed by atoms with E-state index < -0.39 is 5.82 Å². The molecule has 144 valence electrons. The van der Waals surface area contributed by atoms with Gasteiger partial charge in [-0.25, -0.2) is 14.4 Å². The second-order valence-electron chi connectivity index (χ2n) is 6.55. The number of nitrogens with two attached hydrogens (primary N) is 1. The van der Waals surface area contributed by atoms with Crippen LogP contribution in [0.1, 0.15) is 11.4 Å². The number of morpholine rings is 1. The molecule has 1 aromatic heterocycles. The highest BCUT2D eigenvalue weighted by atomic mass is 32.2. The summed E-state index contributed by atoms with van der Waals surface area (Å²) >= 11 is 1.27. The molecule has 28 heavy (non-hydrogen) atoms. The molecule has 0 aliphatic carbocycles. The van der Waals surface area contributed by atoms with Gasteiger partial charge in [0.1, 0.15) is 10.9 Å². The summed E-state index contributed by atoms with van der Waals surface area (Å²) in [6.45, 7) is 3.34. The molecule has 0 bridgehead atoms. The zero-order valence-corrected chi connectivity index (χ0v) is 16.2. The fourth-order valence-corrected chi connectivity index (χ4v) is 3.82. The molecule has 1 saturated heterocycles. The van der Waals surface area contributed by atoms with Gasteiger partial charge < -0.3 is 15.4 Å². The third kappa shape index (κ3) is 4.61. The summed E-state index contributed by atoms with van der Waals surface area (Å²) in [4.78, 5) is 11.8. The largest absolute Gasteiger partial charge is 0.399 e. The number of rotatable bonds is 5. The van der Waals surface area contributed by atoms with Crippen molar-refractivity contribution in [2.75, 3.05) is 36.9 Å². The van der Waals surface area contributed by atoms with Crippen LogP contribution in [0.3, 0.4) is 0 Å². The molecule has 0 radical (unpaired) electrons. The van der Waals surface area contributed by atoms with Gasteiger partial charge in [0, 0.05) is 35.8 Å². The van der Waals surface area contributed by atoms with E-state index in [0.29, 0.717) is 23.0 Å². The SMILES string of the molecule is Nc1ccc(Sc2nc(Cc3ccc(N4CCOCC4)cc3)ncc2F)cc1. The van der Waals surface area contributed by atoms with Gasteiger partial charge in [-0.3, -0.25) is 0 Å². The molecule has 5 nitrogen and oxygen atoms in total. The molecule has 2 N–H and O–H groups in total. The number of nitrogen functional groups attached to an aromatic ring is 1. The van der Waals surface area contributed by atoms with Gasteiger partial charge in [0.2, 0.25) is 0 Å². The summed E-state index contributed by atoms with van der Waals surface area (Å²) in [6, 6.07) is 15.6. The van der Waals surface area contributed by atoms with E-state index in [9.17, 15) is 4.39 Å². The van der Waals surface area contributed by atoms with Gasteiger partial charge in [-0.05, 0) is 42.0 Å². The molecule has 1 aliphatic heterocycles. The van der Waals surface area contributed by atoms with E-state index in [1.165, 1.54) is 23.6 Å². The highest BCUT2D eigenvalue weighted by molar-refractivity contribution is 7.99. The highest BCUT2D eigenvalue weighted by Crippen LogP contribution is 2.28. The Morgan fingerprint density at radius 1 is 1.04 bits per heavy atom. The maximum absolute atomic E-state index is 14.1. The zero-order chi connectivity index (χ0) is 19.3. The smallest absolute Gasteiger partial charge is 0.174 e. The molecule has 7 heteroatoms. The van der Waals surface area contributed by atoms with E-state index in [1.54, 1.807) is 12.1 Å². The first-order chi connectivity index (χ1) is 13.7. The summed E-state index contributed by atoms with van der Waals surface area (Å²) in [5, 5.41) is 0.319. The van der Waals surface area contributed by atoms with Gasteiger partial charge in [0.15, 0.2) is 5.82 Å². The number of nitrogens with zero attached hydrogens (tertiary/aromatic N) is 3. The van der Waals surface area contributed by atoms with Crippen molar-refractivity contribution in [3.63, 3.8) is 0 Å². The monoisotopic (exact) mass is 396 g/mol. The van der Waals surface area contributed by atoms with Crippen molar-refractivity contribution >= 4 is 23.1 Å². The number of benzene rings is 2. The lowest BCUT2D eigenvalue weighted by Crippen LogP contribution is -2.36. The predicted molar refractivity (Wildman–Crippen MR) is 109 cm³/mol. The summed E-state index contributed by atoms with van der Waals surface area (Å²) in [5.41, 5.74) is 8.65. The van der Waals surface area contributed by atoms with Crippen LogP contribution >= 0.6 is 11.8 Å². The Kier molecular flexibility index (Phi) is 5.73. The minimum atomic E-state index is -0.423. The average Bonchev–Trinajstić information content (AvgIpc) is 2.73. The van der Waals surface area contributed by atoms with Crippen LogP contribution in [0.4, 0.5) is 15.8 Å². The Hall–Kier alpha value is -2.64. The molecule has 0 amide bonds. The zero-order valence-electron chi connectivity index (χ0n) is 15.3. The lowest BCUT2D eigenvalue weighted by atomic mass is 10.1. The Morgan fingerprint density at radius 3 is 2.46 bits per heavy atom. The highest BCUT2D eigenvalue weighted by Gasteiger charge is 2.12. The van der Waals surface area contributed by atoms with Crippen LogP contribution in [0.5, 0.6) is 0 Å². The number of ether oxygens (including phenoxy) is 1. The van der Waals surface area contributed by atoms with Crippen molar-refractivity contribution in [3.8, 4) is 0 Å². The van der Waals surface area contributed by atoms with Crippen molar-refractivity contribution < 1.29 is 9.13 Å². The molecule has 0 atom stereocenters. The molecule has 2 aromatic carbocycles. The summed E-state index contributed by atoms with van der Waals surface area (Å²) < 4.78 is 19.5. The van der Waals surface area contributed by atoms with Crippen molar-refractivity contribution in [1.82, 2.24) is 9.97 Å². The summed E-state index contributed by atoms with van der Waals surface area (Å²) in [7, 11) is 0. The minimum absolute atomic E-state index is 0.319. The molecule has 0 spiro atoms. The van der Waals surface area contributed by atoms with Gasteiger partial charge in [0.25, 0.3) is 0 Å². The quantitative estimate of drug-likeness (QED) is 0.523. The van der Waals surface area contributed by atoms with Crippen LogP contribution in [0.15, 0.2) is 64.6 Å². The van der Waals surface area contributed by atoms with Crippen LogP contribution in [0.2, 0.25) is 0 Å². The fraction of sp³-hybridized carbons (Fsp3) is 0.238. The van der Waals surface area contributed by atoms with E-state index in [0.717, 1.165) is 36.8 Å². The van der Waals surface area contributed by atoms with E-state index in [4.69, 9.17) is 10.5 Å². The number of halogens is 1. The second-order valence-corrected chi connectivity index (χ2v) is 7.62. The maximum atomic E-state index is 14.1. The number of anilines is 2. The molecule has 0 saturated carbocycles. The van der Waals surface area contributed by atoms with Gasteiger partial charge in [0.05, 0.1) is 19.4 Å². The fourth-order valence-electron chi connectivity index (χ4n) is 3.02. The summed E-state index contributed by atoms with van der Waals surface area (Å²) in [5.74, 6) is 0.173. The third-order valence-electron chi connectivity index (χ3n) is 4.53. The van der Waals surface area contributed by atoms with Gasteiger partial charge in [-0.2, -0.15) is 0 Å². The average molecular weight is 396 g/mol. The predicted octanol–water partition coefficient (Wildman–Crippen LogP) is 3.78. The number of aromatic nitrogens is 2. The van der Waals surface area contributed by atoms with E-state index in [2.05, 4.69) is 39.1 Å². The number of hydrogen-bond donors (Lipinski definition) is 1. The Labute approximate surface area is 167 Å². The van der Waals surface area contributed by atoms with E-state index >= 15 is 0 Å². The van der Waals surface area contributed by atoms with Crippen molar-refractivity contribution in [2.45, 2.75) is 16.3 Å². The molecular formula is C21H21FN4OS. The topological polar surface area (TPSA) is 64.3 Å². The van der Waals surface area contributed by atoms with Gasteiger partial charge >= 0.3 is 0 Å². The molecule has 1 aliphatic rings. The molecule has 3 aromatic rings. The molecule has 2 heterocycles. The second kappa shape index (κ2) is 8.58. The van der Waals surface area contributed by atoms with Gasteiger partial charge in [-0.1, -0.05) is 23.9 Å². The van der Waals surface area contributed by atoms with Crippen LogP contribution in [-0.4, -0.2) is 36.3 Å². The molecule has 0 unspecified atom stereocenters. The minimum Gasteiger partial charge on any atom is -0.399 e. The Bertz CT molecular complexity index is 928. The summed E-state index contributed by atoms with van der Waals surface area (Å²) in [6.07, 6.45) is 1.79. The Morgan fingerprint density at radius 2 is 1.75 bits per heavy atom. The first-order valence-corrected chi connectivity index (χ1v) is 9.95. The molecule has 1 fully saturated rings. The first kappa shape index (κ1) is 18.7. The van der Waals surface area contributed by atoms with Crippen LogP contribution in [-0.2, 0) is 11.2 Å². The third-order valence-corrected chi connectivity index (χ3v) is 5.52. The molecule has 4 rings (SSSR count). The van der Waals surface area contributed by atoms with Crippen LogP contribution < -0.4 is 10.6 Å². The first-order valence-electron chi connectivity index (χ1n) is 9.14. The van der Waals surface area contributed by atoms with Crippen molar-refractivity contribution in [3.05, 3.63) is 71.9 Å². The van der Waals surface area contributed by atoms with E-state index in [1.807, 2.05) is 12.1 Å². The van der Waals surface area contributed by atoms with Crippen molar-refractivity contribution in [2.24, 2.45) is 0 Å².